The van der Waals surface area contributed by atoms with Gasteiger partial charge in [-0.2, -0.15) is 0 Å². The van der Waals surface area contributed by atoms with Crippen LogP contribution >= 0.6 is 11.3 Å². The van der Waals surface area contributed by atoms with Gasteiger partial charge in [-0.25, -0.2) is 0 Å². The van der Waals surface area contributed by atoms with Gasteiger partial charge < -0.3 is 5.32 Å². The van der Waals surface area contributed by atoms with Crippen molar-refractivity contribution in [3.63, 3.8) is 0 Å². The highest BCUT2D eigenvalue weighted by molar-refractivity contribution is 7.10. The molecule has 0 amide bonds. The number of piperazine rings is 1. The molecule has 1 aromatic rings. The predicted molar refractivity (Wildman–Crippen MR) is 78.2 cm³/mol. The standard InChI is InChI=1S/C15H24N2S/c1-12-6-11-18-15(12)14(13-4-2-3-5-13)17-9-7-16-8-10-17/h6,11,13-14,16H,2-5,7-10H2,1H3/t14-/m0/s1. The normalized spacial score (nSPS) is 24.5. The van der Waals surface area contributed by atoms with Crippen molar-refractivity contribution in [1.29, 1.82) is 0 Å². The van der Waals surface area contributed by atoms with Crippen molar-refractivity contribution in [2.24, 2.45) is 5.92 Å². The molecular formula is C15H24N2S. The van der Waals surface area contributed by atoms with Gasteiger partial charge in [0.25, 0.3) is 0 Å². The minimum Gasteiger partial charge on any atom is -0.314 e. The third kappa shape index (κ3) is 2.49. The van der Waals surface area contributed by atoms with Crippen LogP contribution in [0.3, 0.4) is 0 Å². The zero-order valence-electron chi connectivity index (χ0n) is 11.3. The van der Waals surface area contributed by atoms with Crippen molar-refractivity contribution < 1.29 is 0 Å². The largest absolute Gasteiger partial charge is 0.314 e. The first-order chi connectivity index (χ1) is 8.86. The van der Waals surface area contributed by atoms with Gasteiger partial charge in [-0.1, -0.05) is 12.8 Å². The molecule has 1 aliphatic carbocycles. The molecule has 2 aliphatic rings. The first-order valence-electron chi connectivity index (χ1n) is 7.35. The molecule has 1 aromatic heterocycles. The summed E-state index contributed by atoms with van der Waals surface area (Å²) in [6, 6.07) is 3.00. The number of hydrogen-bond acceptors (Lipinski definition) is 3. The summed E-state index contributed by atoms with van der Waals surface area (Å²) >= 11 is 1.98. The van der Waals surface area contributed by atoms with Crippen LogP contribution in [0, 0.1) is 12.8 Å². The summed E-state index contributed by atoms with van der Waals surface area (Å²) in [4.78, 5) is 4.38. The molecule has 2 fully saturated rings. The fourth-order valence-corrected chi connectivity index (χ4v) is 4.75. The molecule has 1 aliphatic heterocycles. The zero-order chi connectivity index (χ0) is 12.4. The molecule has 1 atom stereocenters. The van der Waals surface area contributed by atoms with Gasteiger partial charge in [0.2, 0.25) is 0 Å². The molecule has 1 saturated carbocycles. The fraction of sp³-hybridized carbons (Fsp3) is 0.733. The smallest absolute Gasteiger partial charge is 0.0473 e. The summed E-state index contributed by atoms with van der Waals surface area (Å²) < 4.78 is 0. The first-order valence-corrected chi connectivity index (χ1v) is 8.23. The quantitative estimate of drug-likeness (QED) is 0.902. The van der Waals surface area contributed by atoms with E-state index in [4.69, 9.17) is 0 Å². The Morgan fingerprint density at radius 3 is 2.61 bits per heavy atom. The van der Waals surface area contributed by atoms with Crippen molar-refractivity contribution in [2.75, 3.05) is 26.2 Å². The van der Waals surface area contributed by atoms with Gasteiger partial charge in [0.15, 0.2) is 0 Å². The lowest BCUT2D eigenvalue weighted by Gasteiger charge is -2.38. The molecule has 0 aromatic carbocycles. The average molecular weight is 264 g/mol. The summed E-state index contributed by atoms with van der Waals surface area (Å²) in [7, 11) is 0. The first kappa shape index (κ1) is 12.6. The number of nitrogens with one attached hydrogen (secondary N) is 1. The third-order valence-corrected chi connectivity index (χ3v) is 5.65. The second-order valence-corrected chi connectivity index (χ2v) is 6.69. The molecule has 2 heterocycles. The molecule has 3 rings (SSSR count). The lowest BCUT2D eigenvalue weighted by Crippen LogP contribution is -2.46. The van der Waals surface area contributed by atoms with Gasteiger partial charge in [-0.3, -0.25) is 4.90 Å². The van der Waals surface area contributed by atoms with Crippen molar-refractivity contribution in [3.05, 3.63) is 21.9 Å². The van der Waals surface area contributed by atoms with E-state index in [1.165, 1.54) is 44.3 Å². The van der Waals surface area contributed by atoms with E-state index in [1.807, 2.05) is 11.3 Å². The second-order valence-electron chi connectivity index (χ2n) is 5.74. The molecule has 1 N–H and O–H groups in total. The molecule has 0 radical (unpaired) electrons. The zero-order valence-corrected chi connectivity index (χ0v) is 12.1. The summed E-state index contributed by atoms with van der Waals surface area (Å²) in [6.45, 7) is 7.05. The molecule has 0 spiro atoms. The Hall–Kier alpha value is -0.380. The lowest BCUT2D eigenvalue weighted by atomic mass is 9.93. The van der Waals surface area contributed by atoms with Gasteiger partial charge in [-0.15, -0.1) is 11.3 Å². The van der Waals surface area contributed by atoms with Gasteiger partial charge in [-0.05, 0) is 42.7 Å². The number of aryl methyl sites for hydroxylation is 1. The Bertz CT molecular complexity index is 376. The third-order valence-electron chi connectivity index (χ3n) is 4.56. The summed E-state index contributed by atoms with van der Waals surface area (Å²) in [5.41, 5.74) is 1.51. The van der Waals surface area contributed by atoms with Gasteiger partial charge >= 0.3 is 0 Å². The number of thiophene rings is 1. The van der Waals surface area contributed by atoms with Crippen LogP contribution in [-0.2, 0) is 0 Å². The van der Waals surface area contributed by atoms with Crippen molar-refractivity contribution >= 4 is 11.3 Å². The van der Waals surface area contributed by atoms with Crippen LogP contribution < -0.4 is 5.32 Å². The Balaban J connectivity index is 1.85. The second kappa shape index (κ2) is 5.72. The average Bonchev–Trinajstić information content (AvgIpc) is 3.05. The van der Waals surface area contributed by atoms with Crippen LogP contribution in [0.2, 0.25) is 0 Å². The van der Waals surface area contributed by atoms with Crippen LogP contribution in [0.4, 0.5) is 0 Å². The van der Waals surface area contributed by atoms with Crippen LogP contribution in [0.1, 0.15) is 42.2 Å². The summed E-state index contributed by atoms with van der Waals surface area (Å²) in [5, 5.41) is 5.75. The SMILES string of the molecule is Cc1ccsc1[C@H](C1CCCC1)N1CCNCC1. The van der Waals surface area contributed by atoms with Gasteiger partial charge in [0.05, 0.1) is 0 Å². The van der Waals surface area contributed by atoms with Gasteiger partial charge in [0.1, 0.15) is 0 Å². The minimum atomic E-state index is 0.703. The van der Waals surface area contributed by atoms with E-state index in [0.717, 1.165) is 19.0 Å². The van der Waals surface area contributed by atoms with Crippen molar-refractivity contribution in [2.45, 2.75) is 38.6 Å². The molecule has 0 bridgehead atoms. The van der Waals surface area contributed by atoms with Gasteiger partial charge in [0, 0.05) is 37.1 Å². The van der Waals surface area contributed by atoms with Crippen LogP contribution in [0.5, 0.6) is 0 Å². The number of rotatable bonds is 3. The highest BCUT2D eigenvalue weighted by Gasteiger charge is 2.33. The molecule has 0 unspecified atom stereocenters. The number of hydrogen-bond donors (Lipinski definition) is 1. The highest BCUT2D eigenvalue weighted by Crippen LogP contribution is 2.42. The molecule has 2 nitrogen and oxygen atoms in total. The summed E-state index contributed by atoms with van der Waals surface area (Å²) in [6.07, 6.45) is 5.76. The van der Waals surface area contributed by atoms with Crippen molar-refractivity contribution in [1.82, 2.24) is 10.2 Å². The lowest BCUT2D eigenvalue weighted by molar-refractivity contribution is 0.127. The van der Waals surface area contributed by atoms with E-state index in [2.05, 4.69) is 28.6 Å². The Morgan fingerprint density at radius 1 is 1.28 bits per heavy atom. The van der Waals surface area contributed by atoms with Crippen LogP contribution in [0.15, 0.2) is 11.4 Å². The molecular weight excluding hydrogens is 240 g/mol. The fourth-order valence-electron chi connectivity index (χ4n) is 3.60. The maximum atomic E-state index is 3.48. The van der Waals surface area contributed by atoms with E-state index in [9.17, 15) is 0 Å². The number of nitrogens with zero attached hydrogens (tertiary/aromatic N) is 1. The maximum absolute atomic E-state index is 3.48. The van der Waals surface area contributed by atoms with E-state index in [1.54, 1.807) is 4.88 Å². The Labute approximate surface area is 114 Å². The Kier molecular flexibility index (Phi) is 4.02. The predicted octanol–water partition coefficient (Wildman–Crippen LogP) is 3.19. The molecule has 1 saturated heterocycles. The van der Waals surface area contributed by atoms with Crippen LogP contribution in [-0.4, -0.2) is 31.1 Å². The van der Waals surface area contributed by atoms with E-state index in [-0.39, 0.29) is 0 Å². The van der Waals surface area contributed by atoms with E-state index >= 15 is 0 Å². The maximum Gasteiger partial charge on any atom is 0.0473 e. The summed E-state index contributed by atoms with van der Waals surface area (Å²) in [5.74, 6) is 0.903. The van der Waals surface area contributed by atoms with Crippen LogP contribution in [0.25, 0.3) is 0 Å². The van der Waals surface area contributed by atoms with Crippen molar-refractivity contribution in [3.8, 4) is 0 Å². The van der Waals surface area contributed by atoms with E-state index in [0.29, 0.717) is 6.04 Å². The molecule has 18 heavy (non-hydrogen) atoms. The molecule has 3 heteroatoms. The Morgan fingerprint density at radius 2 is 2.00 bits per heavy atom. The minimum absolute atomic E-state index is 0.703. The topological polar surface area (TPSA) is 15.3 Å². The molecule has 100 valence electrons. The van der Waals surface area contributed by atoms with E-state index < -0.39 is 0 Å². The monoisotopic (exact) mass is 264 g/mol. The highest BCUT2D eigenvalue weighted by atomic mass is 32.1.